The lowest BCUT2D eigenvalue weighted by molar-refractivity contribution is 0.0779. The second kappa shape index (κ2) is 5.23. The number of thiazole rings is 1. The Morgan fingerprint density at radius 2 is 2.19 bits per heavy atom. The number of carbonyl (C=O) groups is 1. The molecule has 7 heteroatoms. The van der Waals surface area contributed by atoms with Crippen molar-refractivity contribution in [1.82, 2.24) is 19.2 Å². The fourth-order valence-corrected chi connectivity index (χ4v) is 3.60. The van der Waals surface area contributed by atoms with Crippen molar-refractivity contribution in [2.45, 2.75) is 13.0 Å². The molecule has 21 heavy (non-hydrogen) atoms. The molecule has 0 aliphatic carbocycles. The summed E-state index contributed by atoms with van der Waals surface area (Å²) in [7, 11) is 4.03. The molecule has 0 spiro atoms. The highest BCUT2D eigenvalue weighted by atomic mass is 32.1. The van der Waals surface area contributed by atoms with E-state index in [1.807, 2.05) is 14.1 Å². The van der Waals surface area contributed by atoms with Crippen molar-refractivity contribution in [1.29, 1.82) is 0 Å². The molecule has 0 saturated carbocycles. The number of aromatic nitrogens is 2. The predicted molar refractivity (Wildman–Crippen MR) is 81.9 cm³/mol. The Kier molecular flexibility index (Phi) is 3.54. The number of hydrogen-bond donors (Lipinski definition) is 0. The smallest absolute Gasteiger partial charge is 0.271 e. The first-order chi connectivity index (χ1) is 9.99. The Morgan fingerprint density at radius 3 is 2.86 bits per heavy atom. The van der Waals surface area contributed by atoms with Gasteiger partial charge in [0.15, 0.2) is 4.96 Å². The number of amides is 1. The molecule has 112 valence electrons. The predicted octanol–water partition coefficient (Wildman–Crippen LogP) is 0.778. The minimum Gasteiger partial charge on any atom is -0.337 e. The summed E-state index contributed by atoms with van der Waals surface area (Å²) in [5.74, 6) is 0.175. The zero-order valence-corrected chi connectivity index (χ0v) is 13.1. The largest absolute Gasteiger partial charge is 0.337 e. The van der Waals surface area contributed by atoms with Gasteiger partial charge in [0.25, 0.3) is 11.5 Å². The van der Waals surface area contributed by atoms with E-state index in [1.165, 1.54) is 21.9 Å². The van der Waals surface area contributed by atoms with E-state index in [9.17, 15) is 9.59 Å². The van der Waals surface area contributed by atoms with Crippen molar-refractivity contribution in [2.75, 3.05) is 27.2 Å². The summed E-state index contributed by atoms with van der Waals surface area (Å²) in [4.78, 5) is 33.6. The molecule has 0 aromatic carbocycles. The van der Waals surface area contributed by atoms with Gasteiger partial charge < -0.3 is 9.80 Å². The summed E-state index contributed by atoms with van der Waals surface area (Å²) < 4.78 is 1.43. The number of fused-ring (bicyclic) bond motifs is 1. The lowest BCUT2D eigenvalue weighted by atomic mass is 10.1. The molecule has 1 aliphatic heterocycles. The fraction of sp³-hybridized carbons (Fsp3) is 0.500. The van der Waals surface area contributed by atoms with Gasteiger partial charge in [-0.25, -0.2) is 4.98 Å². The van der Waals surface area contributed by atoms with Gasteiger partial charge in [0.1, 0.15) is 5.56 Å². The first kappa shape index (κ1) is 14.2. The standard InChI is InChI=1S/C14H18N4O2S/c1-9-7-17(8-11(9)16(2)3)12(19)10-6-15-14-18(13(10)20)4-5-21-14/h4-6,9,11H,7-8H2,1-3H3. The summed E-state index contributed by atoms with van der Waals surface area (Å²) in [6.45, 7) is 3.46. The van der Waals surface area contributed by atoms with Crippen LogP contribution in [0.25, 0.3) is 4.96 Å². The van der Waals surface area contributed by atoms with Crippen LogP contribution in [0.2, 0.25) is 0 Å². The number of carbonyl (C=O) groups excluding carboxylic acids is 1. The monoisotopic (exact) mass is 306 g/mol. The zero-order chi connectivity index (χ0) is 15.1. The highest BCUT2D eigenvalue weighted by Crippen LogP contribution is 2.21. The van der Waals surface area contributed by atoms with Crippen molar-refractivity contribution in [2.24, 2.45) is 5.92 Å². The van der Waals surface area contributed by atoms with Crippen LogP contribution in [0.15, 0.2) is 22.6 Å². The molecule has 1 fully saturated rings. The molecule has 2 aromatic rings. The number of hydrogen-bond acceptors (Lipinski definition) is 5. The Bertz CT molecular complexity index is 736. The average molecular weight is 306 g/mol. The zero-order valence-electron chi connectivity index (χ0n) is 12.3. The summed E-state index contributed by atoms with van der Waals surface area (Å²) in [6, 6.07) is 0.328. The third-order valence-corrected chi connectivity index (χ3v) is 4.87. The van der Waals surface area contributed by atoms with E-state index in [2.05, 4.69) is 16.8 Å². The molecule has 0 radical (unpaired) electrons. The molecular weight excluding hydrogens is 288 g/mol. The van der Waals surface area contributed by atoms with Gasteiger partial charge >= 0.3 is 0 Å². The third-order valence-electron chi connectivity index (χ3n) is 4.10. The van der Waals surface area contributed by atoms with Crippen molar-refractivity contribution in [3.05, 3.63) is 33.7 Å². The van der Waals surface area contributed by atoms with E-state index in [4.69, 9.17) is 0 Å². The third kappa shape index (κ3) is 2.36. The maximum Gasteiger partial charge on any atom is 0.271 e. The molecule has 3 rings (SSSR count). The second-order valence-corrected chi connectivity index (χ2v) is 6.62. The number of nitrogens with zero attached hydrogens (tertiary/aromatic N) is 4. The van der Waals surface area contributed by atoms with Gasteiger partial charge in [0, 0.05) is 36.9 Å². The summed E-state index contributed by atoms with van der Waals surface area (Å²) in [5, 5.41) is 1.79. The maximum atomic E-state index is 12.6. The van der Waals surface area contributed by atoms with Crippen LogP contribution in [-0.2, 0) is 0 Å². The fourth-order valence-electron chi connectivity index (χ4n) is 2.93. The van der Waals surface area contributed by atoms with Gasteiger partial charge in [0.05, 0.1) is 0 Å². The van der Waals surface area contributed by atoms with Gasteiger partial charge in [-0.1, -0.05) is 6.92 Å². The minimum atomic E-state index is -0.285. The van der Waals surface area contributed by atoms with Crippen molar-refractivity contribution in [3.8, 4) is 0 Å². The Labute approximate surface area is 126 Å². The van der Waals surface area contributed by atoms with Crippen LogP contribution in [0, 0.1) is 5.92 Å². The summed E-state index contributed by atoms with van der Waals surface area (Å²) in [6.07, 6.45) is 3.06. The van der Waals surface area contributed by atoms with Crippen LogP contribution < -0.4 is 5.56 Å². The van der Waals surface area contributed by atoms with Crippen LogP contribution in [-0.4, -0.2) is 58.3 Å². The molecule has 2 aromatic heterocycles. The van der Waals surface area contributed by atoms with Crippen molar-refractivity contribution in [3.63, 3.8) is 0 Å². The first-order valence-electron chi connectivity index (χ1n) is 6.89. The Balaban J connectivity index is 1.91. The molecule has 0 N–H and O–H groups in total. The summed E-state index contributed by atoms with van der Waals surface area (Å²) >= 11 is 1.38. The van der Waals surface area contributed by atoms with Crippen LogP contribution in [0.5, 0.6) is 0 Å². The number of rotatable bonds is 2. The van der Waals surface area contributed by atoms with Crippen LogP contribution in [0.4, 0.5) is 0 Å². The van der Waals surface area contributed by atoms with E-state index in [-0.39, 0.29) is 17.0 Å². The van der Waals surface area contributed by atoms with Gasteiger partial charge in [-0.2, -0.15) is 0 Å². The SMILES string of the molecule is CC1CN(C(=O)c2cnc3sccn3c2=O)CC1N(C)C. The highest BCUT2D eigenvalue weighted by Gasteiger charge is 2.34. The Morgan fingerprint density at radius 1 is 1.43 bits per heavy atom. The number of likely N-dealkylation sites (N-methyl/N-ethyl adjacent to an activating group) is 1. The van der Waals surface area contributed by atoms with E-state index < -0.39 is 0 Å². The van der Waals surface area contributed by atoms with Gasteiger partial charge in [0.2, 0.25) is 0 Å². The molecule has 3 heterocycles. The lowest BCUT2D eigenvalue weighted by Gasteiger charge is -2.22. The van der Waals surface area contributed by atoms with E-state index in [1.54, 1.807) is 16.5 Å². The van der Waals surface area contributed by atoms with Crippen LogP contribution in [0.3, 0.4) is 0 Å². The molecule has 1 saturated heterocycles. The topological polar surface area (TPSA) is 57.9 Å². The van der Waals surface area contributed by atoms with Crippen molar-refractivity contribution >= 4 is 22.2 Å². The van der Waals surface area contributed by atoms with Crippen molar-refractivity contribution < 1.29 is 4.79 Å². The van der Waals surface area contributed by atoms with Gasteiger partial charge in [-0.3, -0.25) is 14.0 Å². The normalized spacial score (nSPS) is 22.4. The second-order valence-electron chi connectivity index (χ2n) is 5.75. The average Bonchev–Trinajstić information content (AvgIpc) is 3.05. The maximum absolute atomic E-state index is 12.6. The quantitative estimate of drug-likeness (QED) is 0.823. The molecular formula is C14H18N4O2S. The van der Waals surface area contributed by atoms with Gasteiger partial charge in [-0.15, -0.1) is 11.3 Å². The Hall–Kier alpha value is -1.73. The van der Waals surface area contributed by atoms with E-state index in [0.717, 1.165) is 0 Å². The van der Waals surface area contributed by atoms with E-state index >= 15 is 0 Å². The molecule has 1 amide bonds. The molecule has 2 atom stereocenters. The lowest BCUT2D eigenvalue weighted by Crippen LogP contribution is -2.37. The van der Waals surface area contributed by atoms with E-state index in [0.29, 0.717) is 30.0 Å². The van der Waals surface area contributed by atoms with Crippen LogP contribution >= 0.6 is 11.3 Å². The summed E-state index contributed by atoms with van der Waals surface area (Å²) in [5.41, 5.74) is -0.135. The first-order valence-corrected chi connectivity index (χ1v) is 7.77. The molecule has 0 bridgehead atoms. The number of likely N-dealkylation sites (tertiary alicyclic amines) is 1. The van der Waals surface area contributed by atoms with Crippen LogP contribution in [0.1, 0.15) is 17.3 Å². The highest BCUT2D eigenvalue weighted by molar-refractivity contribution is 7.15. The molecule has 6 nitrogen and oxygen atoms in total. The minimum absolute atomic E-state index is 0.150. The molecule has 1 aliphatic rings. The van der Waals surface area contributed by atoms with Gasteiger partial charge in [-0.05, 0) is 20.0 Å². The molecule has 2 unspecified atom stereocenters.